The summed E-state index contributed by atoms with van der Waals surface area (Å²) >= 11 is 0. The van der Waals surface area contributed by atoms with Gasteiger partial charge >= 0.3 is 0 Å². The van der Waals surface area contributed by atoms with Crippen LogP contribution in [0.1, 0.15) is 19.8 Å². The lowest BCUT2D eigenvalue weighted by Crippen LogP contribution is -2.42. The van der Waals surface area contributed by atoms with Crippen LogP contribution >= 0.6 is 0 Å². The van der Waals surface area contributed by atoms with Gasteiger partial charge in [0.15, 0.2) is 0 Å². The third-order valence-corrected chi connectivity index (χ3v) is 3.80. The van der Waals surface area contributed by atoms with Crippen molar-refractivity contribution in [2.45, 2.75) is 38.4 Å². The van der Waals surface area contributed by atoms with Gasteiger partial charge in [0.25, 0.3) is 0 Å². The lowest BCUT2D eigenvalue weighted by molar-refractivity contribution is -0.121. The van der Waals surface area contributed by atoms with Crippen molar-refractivity contribution < 1.29 is 4.79 Å². The highest BCUT2D eigenvalue weighted by atomic mass is 16.1. The molecule has 106 valence electrons. The monoisotopic (exact) mass is 265 g/mol. The molecule has 2 heterocycles. The topological polar surface area (TPSA) is 62.2 Å². The van der Waals surface area contributed by atoms with Crippen LogP contribution in [0.15, 0.2) is 12.4 Å². The van der Waals surface area contributed by atoms with E-state index in [0.29, 0.717) is 12.1 Å². The minimum absolute atomic E-state index is 0.0393. The predicted octanol–water partition coefficient (Wildman–Crippen LogP) is 0.524. The molecule has 1 saturated heterocycles. The summed E-state index contributed by atoms with van der Waals surface area (Å²) in [5.41, 5.74) is 0.991. The molecule has 2 atom stereocenters. The molecule has 0 spiro atoms. The van der Waals surface area contributed by atoms with Gasteiger partial charge in [0.05, 0.1) is 11.9 Å². The summed E-state index contributed by atoms with van der Waals surface area (Å²) in [6.45, 7) is 3.63. The second-order valence-electron chi connectivity index (χ2n) is 5.30. The van der Waals surface area contributed by atoms with Gasteiger partial charge < -0.3 is 15.5 Å². The summed E-state index contributed by atoms with van der Waals surface area (Å²) in [5, 5.41) is 10.3. The summed E-state index contributed by atoms with van der Waals surface area (Å²) in [5.74, 6) is -0.0393. The first-order valence-electron chi connectivity index (χ1n) is 6.78. The standard InChI is InChI=1S/C13H23N5O/c1-10-6-11(4-5-17(10)3)16-12-7-15-18(8-12)9-13(19)14-2/h7-8,10-11,16H,4-6,9H2,1-3H3,(H,14,19). The molecule has 0 saturated carbocycles. The number of nitrogens with one attached hydrogen (secondary N) is 2. The fourth-order valence-electron chi connectivity index (χ4n) is 2.41. The van der Waals surface area contributed by atoms with Crippen LogP contribution in [0.3, 0.4) is 0 Å². The SMILES string of the molecule is CNC(=O)Cn1cc(NC2CCN(C)C(C)C2)cn1. The van der Waals surface area contributed by atoms with E-state index in [1.807, 2.05) is 6.20 Å². The minimum Gasteiger partial charge on any atom is -0.380 e. The van der Waals surface area contributed by atoms with Crippen molar-refractivity contribution in [1.29, 1.82) is 0 Å². The number of aromatic nitrogens is 2. The lowest BCUT2D eigenvalue weighted by atomic mass is 9.99. The molecule has 1 amide bonds. The fraction of sp³-hybridized carbons (Fsp3) is 0.692. The number of likely N-dealkylation sites (N-methyl/N-ethyl adjacent to an activating group) is 1. The van der Waals surface area contributed by atoms with Gasteiger partial charge in [-0.05, 0) is 26.8 Å². The van der Waals surface area contributed by atoms with E-state index in [1.165, 1.54) is 0 Å². The number of rotatable bonds is 4. The zero-order valence-electron chi connectivity index (χ0n) is 11.9. The predicted molar refractivity (Wildman–Crippen MR) is 75.0 cm³/mol. The summed E-state index contributed by atoms with van der Waals surface area (Å²) in [7, 11) is 3.80. The first-order chi connectivity index (χ1) is 9.08. The number of anilines is 1. The maximum atomic E-state index is 11.3. The number of carbonyl (C=O) groups excluding carboxylic acids is 1. The van der Waals surface area contributed by atoms with Crippen LogP contribution in [0.2, 0.25) is 0 Å². The number of piperidine rings is 1. The van der Waals surface area contributed by atoms with E-state index in [1.54, 1.807) is 17.9 Å². The van der Waals surface area contributed by atoms with Crippen LogP contribution in [-0.2, 0) is 11.3 Å². The molecule has 0 aliphatic carbocycles. The number of likely N-dealkylation sites (tertiary alicyclic amines) is 1. The van der Waals surface area contributed by atoms with Crippen molar-refractivity contribution in [2.75, 3.05) is 26.0 Å². The molecule has 1 fully saturated rings. The second kappa shape index (κ2) is 6.06. The molecule has 1 aromatic heterocycles. The van der Waals surface area contributed by atoms with E-state index in [4.69, 9.17) is 0 Å². The average molecular weight is 265 g/mol. The maximum Gasteiger partial charge on any atom is 0.241 e. The molecular formula is C13H23N5O. The maximum absolute atomic E-state index is 11.3. The highest BCUT2D eigenvalue weighted by molar-refractivity contribution is 5.75. The van der Waals surface area contributed by atoms with Crippen molar-refractivity contribution in [2.24, 2.45) is 0 Å². The number of nitrogens with zero attached hydrogens (tertiary/aromatic N) is 3. The van der Waals surface area contributed by atoms with Gasteiger partial charge in [-0.15, -0.1) is 0 Å². The van der Waals surface area contributed by atoms with Gasteiger partial charge in [-0.3, -0.25) is 9.48 Å². The van der Waals surface area contributed by atoms with Crippen LogP contribution in [-0.4, -0.2) is 53.3 Å². The molecule has 2 rings (SSSR count). The molecule has 0 radical (unpaired) electrons. The normalized spacial score (nSPS) is 24.2. The van der Waals surface area contributed by atoms with Crippen molar-refractivity contribution >= 4 is 11.6 Å². The Morgan fingerprint density at radius 1 is 1.58 bits per heavy atom. The average Bonchev–Trinajstić information content (AvgIpc) is 2.81. The third kappa shape index (κ3) is 3.70. The Balaban J connectivity index is 1.88. The molecule has 1 aromatic rings. The largest absolute Gasteiger partial charge is 0.380 e. The number of hydrogen-bond donors (Lipinski definition) is 2. The van der Waals surface area contributed by atoms with E-state index in [-0.39, 0.29) is 12.5 Å². The molecule has 6 heteroatoms. The molecular weight excluding hydrogens is 242 g/mol. The molecule has 6 nitrogen and oxygen atoms in total. The van der Waals surface area contributed by atoms with Crippen LogP contribution in [0.5, 0.6) is 0 Å². The van der Waals surface area contributed by atoms with Gasteiger partial charge in [-0.25, -0.2) is 0 Å². The Kier molecular flexibility index (Phi) is 4.42. The zero-order chi connectivity index (χ0) is 13.8. The first-order valence-corrected chi connectivity index (χ1v) is 6.78. The molecule has 0 bridgehead atoms. The Bertz CT molecular complexity index is 430. The molecule has 2 unspecified atom stereocenters. The summed E-state index contributed by atoms with van der Waals surface area (Å²) in [4.78, 5) is 13.6. The van der Waals surface area contributed by atoms with E-state index < -0.39 is 0 Å². The van der Waals surface area contributed by atoms with Crippen LogP contribution in [0.4, 0.5) is 5.69 Å². The van der Waals surface area contributed by atoms with Crippen molar-refractivity contribution in [1.82, 2.24) is 20.0 Å². The number of amides is 1. The summed E-state index contributed by atoms with van der Waals surface area (Å²) in [6.07, 6.45) is 5.95. The molecule has 1 aliphatic heterocycles. The summed E-state index contributed by atoms with van der Waals surface area (Å²) < 4.78 is 1.65. The van der Waals surface area contributed by atoms with Crippen molar-refractivity contribution in [3.05, 3.63) is 12.4 Å². The number of carbonyl (C=O) groups is 1. The van der Waals surface area contributed by atoms with E-state index in [9.17, 15) is 4.79 Å². The van der Waals surface area contributed by atoms with Crippen molar-refractivity contribution in [3.63, 3.8) is 0 Å². The minimum atomic E-state index is -0.0393. The van der Waals surface area contributed by atoms with E-state index in [2.05, 4.69) is 34.6 Å². The van der Waals surface area contributed by atoms with Crippen LogP contribution in [0.25, 0.3) is 0 Å². The first kappa shape index (κ1) is 13.9. The highest BCUT2D eigenvalue weighted by Gasteiger charge is 2.22. The summed E-state index contributed by atoms with van der Waals surface area (Å²) in [6, 6.07) is 1.09. The van der Waals surface area contributed by atoms with E-state index in [0.717, 1.165) is 25.1 Å². The quantitative estimate of drug-likeness (QED) is 0.833. The Labute approximate surface area is 114 Å². The molecule has 19 heavy (non-hydrogen) atoms. The smallest absolute Gasteiger partial charge is 0.241 e. The fourth-order valence-corrected chi connectivity index (χ4v) is 2.41. The van der Waals surface area contributed by atoms with Crippen molar-refractivity contribution in [3.8, 4) is 0 Å². The highest BCUT2D eigenvalue weighted by Crippen LogP contribution is 2.19. The van der Waals surface area contributed by atoms with Crippen LogP contribution < -0.4 is 10.6 Å². The zero-order valence-corrected chi connectivity index (χ0v) is 11.9. The Hall–Kier alpha value is -1.56. The molecule has 2 N–H and O–H groups in total. The van der Waals surface area contributed by atoms with Gasteiger partial charge in [-0.2, -0.15) is 5.10 Å². The van der Waals surface area contributed by atoms with Gasteiger partial charge in [-0.1, -0.05) is 0 Å². The third-order valence-electron chi connectivity index (χ3n) is 3.80. The number of hydrogen-bond acceptors (Lipinski definition) is 4. The van der Waals surface area contributed by atoms with Gasteiger partial charge in [0, 0.05) is 31.9 Å². The van der Waals surface area contributed by atoms with E-state index >= 15 is 0 Å². The van der Waals surface area contributed by atoms with Crippen LogP contribution in [0, 0.1) is 0 Å². The Morgan fingerprint density at radius 2 is 2.37 bits per heavy atom. The molecule has 1 aliphatic rings. The van der Waals surface area contributed by atoms with Gasteiger partial charge in [0.1, 0.15) is 6.54 Å². The van der Waals surface area contributed by atoms with Gasteiger partial charge in [0.2, 0.25) is 5.91 Å². The Morgan fingerprint density at radius 3 is 3.05 bits per heavy atom. The molecule has 0 aromatic carbocycles. The lowest BCUT2D eigenvalue weighted by Gasteiger charge is -2.35. The second-order valence-corrected chi connectivity index (χ2v) is 5.30.